The van der Waals surface area contributed by atoms with Crippen LogP contribution in [-0.2, 0) is 31.9 Å². The minimum absolute atomic E-state index is 0.0793. The molecule has 33 heavy (non-hydrogen) atoms. The molecule has 1 saturated heterocycles. The van der Waals surface area contributed by atoms with Crippen molar-refractivity contribution in [3.8, 4) is 0 Å². The molecule has 1 aliphatic rings. The molecule has 1 N–H and O–H groups in total. The predicted molar refractivity (Wildman–Crippen MR) is 130 cm³/mol. The molecule has 0 spiro atoms. The number of alkyl carbamates (subject to hydrolysis) is 1. The second-order valence-electron chi connectivity index (χ2n) is 9.30. The van der Waals surface area contributed by atoms with Gasteiger partial charge in [-0.25, -0.2) is 4.79 Å². The lowest BCUT2D eigenvalue weighted by atomic mass is 9.76. The zero-order valence-corrected chi connectivity index (χ0v) is 20.0. The van der Waals surface area contributed by atoms with E-state index in [0.717, 1.165) is 22.2 Å². The standard InChI is InChI=1S/C26H32BNO5/c1-19(29)15-21-13-9-10-14-22(21)16-23(27-32-25(2,3)26(4,5)33-27)17-28-24(30)31-18-20-11-7-6-8-12-20/h6-14,16H,15,17-18H2,1-5H3,(H,28,30). The lowest BCUT2D eigenvalue weighted by molar-refractivity contribution is -0.116. The van der Waals surface area contributed by atoms with E-state index in [-0.39, 0.29) is 18.9 Å². The van der Waals surface area contributed by atoms with Gasteiger partial charge in [0.05, 0.1) is 11.2 Å². The highest BCUT2D eigenvalue weighted by Gasteiger charge is 2.52. The quantitative estimate of drug-likeness (QED) is 0.589. The summed E-state index contributed by atoms with van der Waals surface area (Å²) in [4.78, 5) is 24.1. The summed E-state index contributed by atoms with van der Waals surface area (Å²) in [6.07, 6.45) is 1.73. The molecule has 0 unspecified atom stereocenters. The van der Waals surface area contributed by atoms with E-state index in [9.17, 15) is 9.59 Å². The van der Waals surface area contributed by atoms with E-state index in [1.54, 1.807) is 6.92 Å². The zero-order valence-electron chi connectivity index (χ0n) is 20.0. The molecule has 0 aliphatic carbocycles. The Labute approximate surface area is 196 Å². The fourth-order valence-electron chi connectivity index (χ4n) is 3.45. The molecule has 1 aliphatic heterocycles. The Balaban J connectivity index is 1.79. The number of carbonyl (C=O) groups is 2. The zero-order chi connectivity index (χ0) is 24.1. The van der Waals surface area contributed by atoms with Gasteiger partial charge in [-0.05, 0) is 56.8 Å². The van der Waals surface area contributed by atoms with Gasteiger partial charge in [0.15, 0.2) is 0 Å². The molecule has 0 radical (unpaired) electrons. The van der Waals surface area contributed by atoms with Crippen molar-refractivity contribution < 1.29 is 23.6 Å². The maximum atomic E-state index is 12.4. The molecule has 6 nitrogen and oxygen atoms in total. The summed E-state index contributed by atoms with van der Waals surface area (Å²) in [6, 6.07) is 17.2. The number of Topliss-reactive ketones (excluding diaryl/α,β-unsaturated/α-hetero) is 1. The molecule has 0 saturated carbocycles. The maximum Gasteiger partial charge on any atom is 0.492 e. The Hall–Kier alpha value is -2.90. The topological polar surface area (TPSA) is 73.9 Å². The van der Waals surface area contributed by atoms with Gasteiger partial charge in [0.1, 0.15) is 12.4 Å². The molecule has 0 aromatic heterocycles. The molecule has 2 aromatic carbocycles. The summed E-state index contributed by atoms with van der Waals surface area (Å²) < 4.78 is 17.8. The van der Waals surface area contributed by atoms with Crippen molar-refractivity contribution in [3.63, 3.8) is 0 Å². The van der Waals surface area contributed by atoms with E-state index in [1.807, 2.05) is 88.4 Å². The molecule has 1 heterocycles. The Morgan fingerprint density at radius 3 is 2.21 bits per heavy atom. The van der Waals surface area contributed by atoms with E-state index < -0.39 is 24.4 Å². The third kappa shape index (κ3) is 6.56. The SMILES string of the molecule is CC(=O)Cc1ccccc1C=C(CNC(=O)OCc1ccccc1)B1OC(C)(C)C(C)(C)O1. The molecule has 2 aromatic rings. The number of benzene rings is 2. The highest BCUT2D eigenvalue weighted by molar-refractivity contribution is 6.56. The van der Waals surface area contributed by atoms with Gasteiger partial charge in [-0.2, -0.15) is 0 Å². The van der Waals surface area contributed by atoms with Gasteiger partial charge in [0.2, 0.25) is 0 Å². The van der Waals surface area contributed by atoms with Gasteiger partial charge in [0.25, 0.3) is 0 Å². The van der Waals surface area contributed by atoms with Crippen LogP contribution < -0.4 is 5.32 Å². The van der Waals surface area contributed by atoms with Crippen LogP contribution in [0.4, 0.5) is 4.79 Å². The molecule has 7 heteroatoms. The second-order valence-corrected chi connectivity index (χ2v) is 9.30. The van der Waals surface area contributed by atoms with Crippen LogP contribution in [0.2, 0.25) is 0 Å². The first kappa shape index (κ1) is 24.7. The molecule has 3 rings (SSSR count). The lowest BCUT2D eigenvalue weighted by Crippen LogP contribution is -2.41. The number of amides is 1. The number of rotatable bonds is 8. The van der Waals surface area contributed by atoms with E-state index in [1.165, 1.54) is 0 Å². The molecular formula is C26H32BNO5. The van der Waals surface area contributed by atoms with Gasteiger partial charge in [-0.3, -0.25) is 4.79 Å². The van der Waals surface area contributed by atoms with E-state index >= 15 is 0 Å². The van der Waals surface area contributed by atoms with Crippen LogP contribution in [-0.4, -0.2) is 36.7 Å². The second kappa shape index (κ2) is 10.4. The van der Waals surface area contributed by atoms with Crippen LogP contribution in [0, 0.1) is 0 Å². The van der Waals surface area contributed by atoms with Crippen molar-refractivity contribution in [1.29, 1.82) is 0 Å². The van der Waals surface area contributed by atoms with Gasteiger partial charge < -0.3 is 19.4 Å². The highest BCUT2D eigenvalue weighted by Crippen LogP contribution is 2.38. The largest absolute Gasteiger partial charge is 0.492 e. The van der Waals surface area contributed by atoms with Crippen LogP contribution in [0.5, 0.6) is 0 Å². The molecule has 1 fully saturated rings. The summed E-state index contributed by atoms with van der Waals surface area (Å²) in [5, 5.41) is 2.81. The Morgan fingerprint density at radius 1 is 0.970 bits per heavy atom. The Bertz CT molecular complexity index is 1000. The van der Waals surface area contributed by atoms with Gasteiger partial charge >= 0.3 is 13.2 Å². The number of hydrogen-bond donors (Lipinski definition) is 1. The fourth-order valence-corrected chi connectivity index (χ4v) is 3.45. The molecule has 174 valence electrons. The van der Waals surface area contributed by atoms with Gasteiger partial charge in [0, 0.05) is 13.0 Å². The third-order valence-corrected chi connectivity index (χ3v) is 6.04. The first-order chi connectivity index (χ1) is 15.6. The minimum Gasteiger partial charge on any atom is -0.445 e. The number of carbonyl (C=O) groups excluding carboxylic acids is 2. The summed E-state index contributed by atoms with van der Waals surface area (Å²) in [6.45, 7) is 9.86. The molecule has 0 atom stereocenters. The third-order valence-electron chi connectivity index (χ3n) is 6.04. The number of ether oxygens (including phenoxy) is 1. The number of nitrogens with one attached hydrogen (secondary N) is 1. The average Bonchev–Trinajstić information content (AvgIpc) is 2.98. The Morgan fingerprint density at radius 2 is 1.58 bits per heavy atom. The number of ketones is 1. The van der Waals surface area contributed by atoms with Crippen LogP contribution in [0.25, 0.3) is 6.08 Å². The summed E-state index contributed by atoms with van der Waals surface area (Å²) in [5.41, 5.74) is 2.39. The lowest BCUT2D eigenvalue weighted by Gasteiger charge is -2.32. The summed E-state index contributed by atoms with van der Waals surface area (Å²) >= 11 is 0. The van der Waals surface area contributed by atoms with Crippen LogP contribution in [0.15, 0.2) is 60.1 Å². The van der Waals surface area contributed by atoms with E-state index in [0.29, 0.717) is 6.42 Å². The van der Waals surface area contributed by atoms with Crippen molar-refractivity contribution in [3.05, 3.63) is 76.8 Å². The molecular weight excluding hydrogens is 417 g/mol. The molecule has 0 bridgehead atoms. The van der Waals surface area contributed by atoms with Crippen molar-refractivity contribution in [2.75, 3.05) is 6.54 Å². The van der Waals surface area contributed by atoms with Gasteiger partial charge in [-0.1, -0.05) is 60.7 Å². The van der Waals surface area contributed by atoms with Crippen LogP contribution in [0.1, 0.15) is 51.3 Å². The van der Waals surface area contributed by atoms with Crippen molar-refractivity contribution in [1.82, 2.24) is 5.32 Å². The first-order valence-corrected chi connectivity index (χ1v) is 11.2. The van der Waals surface area contributed by atoms with Crippen LogP contribution in [0.3, 0.4) is 0 Å². The minimum atomic E-state index is -0.644. The summed E-state index contributed by atoms with van der Waals surface area (Å²) in [7, 11) is -0.644. The normalized spacial score (nSPS) is 17.0. The van der Waals surface area contributed by atoms with E-state index in [4.69, 9.17) is 14.0 Å². The average molecular weight is 449 g/mol. The van der Waals surface area contributed by atoms with Crippen molar-refractivity contribution >= 4 is 25.1 Å². The number of hydrogen-bond acceptors (Lipinski definition) is 5. The Kier molecular flexibility index (Phi) is 7.77. The van der Waals surface area contributed by atoms with Crippen LogP contribution >= 0.6 is 0 Å². The fraction of sp³-hybridized carbons (Fsp3) is 0.385. The van der Waals surface area contributed by atoms with Gasteiger partial charge in [-0.15, -0.1) is 0 Å². The summed E-state index contributed by atoms with van der Waals surface area (Å²) in [5.74, 6) is 0.0793. The smallest absolute Gasteiger partial charge is 0.445 e. The predicted octanol–water partition coefficient (Wildman–Crippen LogP) is 4.76. The maximum absolute atomic E-state index is 12.4. The first-order valence-electron chi connectivity index (χ1n) is 11.2. The van der Waals surface area contributed by atoms with Crippen molar-refractivity contribution in [2.45, 2.75) is 58.8 Å². The van der Waals surface area contributed by atoms with E-state index in [2.05, 4.69) is 5.32 Å². The molecule has 1 amide bonds. The monoisotopic (exact) mass is 449 g/mol. The highest BCUT2D eigenvalue weighted by atomic mass is 16.7. The van der Waals surface area contributed by atoms with Crippen molar-refractivity contribution in [2.24, 2.45) is 0 Å².